The van der Waals surface area contributed by atoms with Crippen molar-refractivity contribution in [2.75, 3.05) is 7.11 Å². The molecule has 5 heteroatoms. The van der Waals surface area contributed by atoms with E-state index >= 15 is 0 Å². The highest BCUT2D eigenvalue weighted by Gasteiger charge is 2.14. The van der Waals surface area contributed by atoms with Gasteiger partial charge in [-0.2, -0.15) is 0 Å². The summed E-state index contributed by atoms with van der Waals surface area (Å²) in [4.78, 5) is 5.40. The molecule has 2 rings (SSSR count). The summed E-state index contributed by atoms with van der Waals surface area (Å²) in [6.07, 6.45) is 5.52. The maximum absolute atomic E-state index is 6.18. The van der Waals surface area contributed by atoms with Crippen LogP contribution in [0.4, 0.5) is 0 Å². The molecule has 0 aliphatic carbocycles. The number of hydrogen-bond donors (Lipinski definition) is 1. The van der Waals surface area contributed by atoms with Crippen LogP contribution in [0.2, 0.25) is 0 Å². The Morgan fingerprint density at radius 2 is 2.41 bits per heavy atom. The third kappa shape index (κ3) is 2.68. The van der Waals surface area contributed by atoms with Crippen molar-refractivity contribution in [1.82, 2.24) is 9.55 Å². The highest BCUT2D eigenvalue weighted by Crippen LogP contribution is 2.31. The molecule has 0 spiro atoms. The summed E-state index contributed by atoms with van der Waals surface area (Å²) in [6, 6.07) is 1.97. The highest BCUT2D eigenvalue weighted by molar-refractivity contribution is 7.10. The minimum atomic E-state index is 0.0154. The van der Waals surface area contributed by atoms with Gasteiger partial charge in [-0.3, -0.25) is 0 Å². The zero-order chi connectivity index (χ0) is 12.3. The van der Waals surface area contributed by atoms with E-state index in [1.165, 1.54) is 0 Å². The van der Waals surface area contributed by atoms with Crippen LogP contribution in [0, 0.1) is 0 Å². The van der Waals surface area contributed by atoms with Gasteiger partial charge in [0.25, 0.3) is 0 Å². The number of nitrogens with two attached hydrogens (primary N) is 1. The van der Waals surface area contributed by atoms with Crippen molar-refractivity contribution < 1.29 is 4.74 Å². The first-order valence-electron chi connectivity index (χ1n) is 5.55. The fourth-order valence-corrected chi connectivity index (χ4v) is 2.70. The molecular weight excluding hydrogens is 234 g/mol. The molecule has 1 atom stereocenters. The second-order valence-corrected chi connectivity index (χ2v) is 4.90. The van der Waals surface area contributed by atoms with Crippen LogP contribution in [0.3, 0.4) is 0 Å². The van der Waals surface area contributed by atoms with Crippen LogP contribution in [0.25, 0.3) is 0 Å². The molecule has 0 aliphatic heterocycles. The first-order valence-corrected chi connectivity index (χ1v) is 6.43. The first-order chi connectivity index (χ1) is 8.22. The SMILES string of the molecule is COc1ccsc1C(N)CCc1nccn1C. The van der Waals surface area contributed by atoms with Gasteiger partial charge >= 0.3 is 0 Å². The summed E-state index contributed by atoms with van der Waals surface area (Å²) in [6.45, 7) is 0. The normalized spacial score (nSPS) is 12.6. The van der Waals surface area contributed by atoms with Crippen LogP contribution in [0.15, 0.2) is 23.8 Å². The Labute approximate surface area is 105 Å². The van der Waals surface area contributed by atoms with Crippen molar-refractivity contribution in [2.45, 2.75) is 18.9 Å². The number of nitrogens with zero attached hydrogens (tertiary/aromatic N) is 2. The van der Waals surface area contributed by atoms with Crippen LogP contribution in [0.5, 0.6) is 5.75 Å². The number of hydrogen-bond acceptors (Lipinski definition) is 4. The Kier molecular flexibility index (Phi) is 3.81. The fourth-order valence-electron chi connectivity index (χ4n) is 1.80. The summed E-state index contributed by atoms with van der Waals surface area (Å²) < 4.78 is 7.30. The number of thiophene rings is 1. The van der Waals surface area contributed by atoms with E-state index in [0.717, 1.165) is 29.3 Å². The second kappa shape index (κ2) is 5.33. The van der Waals surface area contributed by atoms with Crippen molar-refractivity contribution >= 4 is 11.3 Å². The minimum absolute atomic E-state index is 0.0154. The molecule has 0 aliphatic rings. The smallest absolute Gasteiger partial charge is 0.134 e. The second-order valence-electron chi connectivity index (χ2n) is 3.95. The average Bonchev–Trinajstić information content (AvgIpc) is 2.94. The van der Waals surface area contributed by atoms with Crippen LogP contribution in [0.1, 0.15) is 23.2 Å². The van der Waals surface area contributed by atoms with Gasteiger partial charge in [-0.1, -0.05) is 0 Å². The Balaban J connectivity index is 1.98. The predicted molar refractivity (Wildman–Crippen MR) is 69.3 cm³/mol. The van der Waals surface area contributed by atoms with Gasteiger partial charge in [0, 0.05) is 31.9 Å². The van der Waals surface area contributed by atoms with Crippen LogP contribution >= 0.6 is 11.3 Å². The number of rotatable bonds is 5. The molecule has 2 aromatic rings. The largest absolute Gasteiger partial charge is 0.496 e. The predicted octanol–water partition coefficient (Wildman–Crippen LogP) is 2.12. The summed E-state index contributed by atoms with van der Waals surface area (Å²) in [5.74, 6) is 1.96. The number of methoxy groups -OCH3 is 1. The standard InChI is InChI=1S/C12H17N3OS/c1-15-7-6-14-11(15)4-3-9(13)12-10(16-2)5-8-17-12/h5-9H,3-4,13H2,1-2H3. The lowest BCUT2D eigenvalue weighted by Crippen LogP contribution is -2.12. The maximum Gasteiger partial charge on any atom is 0.134 e. The van der Waals surface area contributed by atoms with E-state index < -0.39 is 0 Å². The van der Waals surface area contributed by atoms with E-state index in [0.29, 0.717) is 0 Å². The molecule has 0 saturated carbocycles. The minimum Gasteiger partial charge on any atom is -0.496 e. The summed E-state index contributed by atoms with van der Waals surface area (Å²) in [5.41, 5.74) is 6.18. The highest BCUT2D eigenvalue weighted by atomic mass is 32.1. The summed E-state index contributed by atoms with van der Waals surface area (Å²) in [5, 5.41) is 2.01. The lowest BCUT2D eigenvalue weighted by Gasteiger charge is -2.11. The van der Waals surface area contributed by atoms with Gasteiger partial charge in [0.05, 0.1) is 12.0 Å². The molecule has 17 heavy (non-hydrogen) atoms. The Hall–Kier alpha value is -1.33. The van der Waals surface area contributed by atoms with Gasteiger partial charge in [-0.25, -0.2) is 4.98 Å². The molecule has 0 radical (unpaired) electrons. The lowest BCUT2D eigenvalue weighted by atomic mass is 10.1. The zero-order valence-corrected chi connectivity index (χ0v) is 10.9. The molecule has 4 nitrogen and oxygen atoms in total. The van der Waals surface area contributed by atoms with Gasteiger partial charge in [-0.05, 0) is 17.9 Å². The third-order valence-electron chi connectivity index (χ3n) is 2.81. The van der Waals surface area contributed by atoms with E-state index in [4.69, 9.17) is 10.5 Å². The fraction of sp³-hybridized carbons (Fsp3) is 0.417. The number of imidazole rings is 1. The molecular formula is C12H17N3OS. The van der Waals surface area contributed by atoms with E-state index in [2.05, 4.69) is 4.98 Å². The maximum atomic E-state index is 6.18. The first kappa shape index (κ1) is 12.1. The Morgan fingerprint density at radius 1 is 1.59 bits per heavy atom. The summed E-state index contributed by atoms with van der Waals surface area (Å²) >= 11 is 1.65. The zero-order valence-electron chi connectivity index (χ0n) is 10.1. The average molecular weight is 251 g/mol. The van der Waals surface area contributed by atoms with E-state index in [1.807, 2.05) is 35.5 Å². The Morgan fingerprint density at radius 3 is 3.06 bits per heavy atom. The van der Waals surface area contributed by atoms with Crippen molar-refractivity contribution in [1.29, 1.82) is 0 Å². The van der Waals surface area contributed by atoms with Crippen LogP contribution < -0.4 is 10.5 Å². The topological polar surface area (TPSA) is 53.1 Å². The monoisotopic (exact) mass is 251 g/mol. The molecule has 0 fully saturated rings. The van der Waals surface area contributed by atoms with Gasteiger partial charge in [-0.15, -0.1) is 11.3 Å². The van der Waals surface area contributed by atoms with Gasteiger partial charge in [0.15, 0.2) is 0 Å². The van der Waals surface area contributed by atoms with Crippen LogP contribution in [-0.4, -0.2) is 16.7 Å². The van der Waals surface area contributed by atoms with Gasteiger partial charge < -0.3 is 15.0 Å². The Bertz CT molecular complexity index is 478. The number of aryl methyl sites for hydroxylation is 2. The van der Waals surface area contributed by atoms with E-state index in [-0.39, 0.29) is 6.04 Å². The van der Waals surface area contributed by atoms with Crippen molar-refractivity contribution in [3.8, 4) is 5.75 Å². The van der Waals surface area contributed by atoms with Gasteiger partial charge in [0.2, 0.25) is 0 Å². The molecule has 92 valence electrons. The van der Waals surface area contributed by atoms with E-state index in [9.17, 15) is 0 Å². The number of aromatic nitrogens is 2. The molecule has 0 aromatic carbocycles. The molecule has 0 saturated heterocycles. The summed E-state index contributed by atoms with van der Waals surface area (Å²) in [7, 11) is 3.68. The van der Waals surface area contributed by atoms with Crippen LogP contribution in [-0.2, 0) is 13.5 Å². The lowest BCUT2D eigenvalue weighted by molar-refractivity contribution is 0.407. The third-order valence-corrected chi connectivity index (χ3v) is 3.84. The van der Waals surface area contributed by atoms with Crippen molar-refractivity contribution in [3.05, 3.63) is 34.5 Å². The van der Waals surface area contributed by atoms with Gasteiger partial charge in [0.1, 0.15) is 11.6 Å². The molecule has 2 N–H and O–H groups in total. The van der Waals surface area contributed by atoms with E-state index in [1.54, 1.807) is 18.4 Å². The molecule has 2 heterocycles. The molecule has 0 bridgehead atoms. The van der Waals surface area contributed by atoms with Crippen molar-refractivity contribution in [3.63, 3.8) is 0 Å². The molecule has 0 amide bonds. The number of ether oxygens (including phenoxy) is 1. The molecule has 1 unspecified atom stereocenters. The molecule has 2 aromatic heterocycles. The quantitative estimate of drug-likeness (QED) is 0.885. The van der Waals surface area contributed by atoms with Crippen molar-refractivity contribution in [2.24, 2.45) is 12.8 Å².